The van der Waals surface area contributed by atoms with E-state index in [4.69, 9.17) is 9.15 Å². The molecule has 4 rings (SSSR count). The Hall–Kier alpha value is -2.89. The van der Waals surface area contributed by atoms with E-state index >= 15 is 0 Å². The molecule has 0 saturated carbocycles. The number of fused-ring (bicyclic) bond motifs is 4. The minimum absolute atomic E-state index is 0.0390. The van der Waals surface area contributed by atoms with Gasteiger partial charge in [0.15, 0.2) is 11.3 Å². The Morgan fingerprint density at radius 1 is 1.08 bits per heavy atom. The fourth-order valence-corrected chi connectivity index (χ4v) is 3.27. The standard InChI is InChI=1S/C18H16O6/c1-7-18(2,3)13-11(23-7)6-10(20)12-14(21)8-4-5-9(19)15(22)16(8)24-17(12)13/h4-7,19-20,22H,1-3H3/t7-/m0/s1. The van der Waals surface area contributed by atoms with Crippen molar-refractivity contribution in [1.29, 1.82) is 0 Å². The number of rotatable bonds is 0. The molecule has 0 amide bonds. The molecule has 0 unspecified atom stereocenters. The van der Waals surface area contributed by atoms with Crippen molar-refractivity contribution in [3.63, 3.8) is 0 Å². The van der Waals surface area contributed by atoms with Crippen LogP contribution in [0, 0.1) is 0 Å². The van der Waals surface area contributed by atoms with E-state index in [1.54, 1.807) is 0 Å². The molecule has 3 aromatic rings. The van der Waals surface area contributed by atoms with Crippen LogP contribution in [-0.2, 0) is 5.41 Å². The Balaban J connectivity index is 2.29. The van der Waals surface area contributed by atoms with E-state index in [9.17, 15) is 20.1 Å². The molecule has 0 bridgehead atoms. The van der Waals surface area contributed by atoms with Crippen LogP contribution in [0.1, 0.15) is 26.3 Å². The number of phenolic OH excluding ortho intramolecular Hbond substituents is 3. The van der Waals surface area contributed by atoms with Crippen LogP contribution in [0.4, 0.5) is 0 Å². The third kappa shape index (κ3) is 1.62. The average molecular weight is 328 g/mol. The third-order valence-corrected chi connectivity index (χ3v) is 4.97. The number of hydrogen-bond acceptors (Lipinski definition) is 6. The Kier molecular flexibility index (Phi) is 2.66. The van der Waals surface area contributed by atoms with Gasteiger partial charge in [-0.25, -0.2) is 0 Å². The Morgan fingerprint density at radius 2 is 1.79 bits per heavy atom. The van der Waals surface area contributed by atoms with Crippen molar-refractivity contribution in [3.05, 3.63) is 34.0 Å². The van der Waals surface area contributed by atoms with Gasteiger partial charge in [-0.05, 0) is 19.1 Å². The number of phenols is 3. The smallest absolute Gasteiger partial charge is 0.204 e. The molecule has 0 radical (unpaired) electrons. The maximum Gasteiger partial charge on any atom is 0.204 e. The number of benzene rings is 2. The van der Waals surface area contributed by atoms with Crippen LogP contribution in [0.2, 0.25) is 0 Å². The van der Waals surface area contributed by atoms with Crippen molar-refractivity contribution < 1.29 is 24.5 Å². The first kappa shape index (κ1) is 14.7. The molecule has 0 spiro atoms. The molecule has 0 saturated heterocycles. The second kappa shape index (κ2) is 4.35. The van der Waals surface area contributed by atoms with Crippen molar-refractivity contribution in [2.75, 3.05) is 0 Å². The summed E-state index contributed by atoms with van der Waals surface area (Å²) < 4.78 is 11.6. The van der Waals surface area contributed by atoms with Gasteiger partial charge in [-0.3, -0.25) is 4.79 Å². The third-order valence-electron chi connectivity index (χ3n) is 4.97. The topological polar surface area (TPSA) is 100 Å². The van der Waals surface area contributed by atoms with E-state index in [1.807, 2.05) is 20.8 Å². The molecule has 124 valence electrons. The highest BCUT2D eigenvalue weighted by atomic mass is 16.5. The van der Waals surface area contributed by atoms with Crippen molar-refractivity contribution in [2.45, 2.75) is 32.3 Å². The highest BCUT2D eigenvalue weighted by Crippen LogP contribution is 2.49. The summed E-state index contributed by atoms with van der Waals surface area (Å²) in [5.41, 5.74) is -0.229. The average Bonchev–Trinajstić information content (AvgIpc) is 2.72. The van der Waals surface area contributed by atoms with E-state index in [1.165, 1.54) is 18.2 Å². The maximum absolute atomic E-state index is 12.8. The Labute approximate surface area is 136 Å². The van der Waals surface area contributed by atoms with Gasteiger partial charge in [-0.1, -0.05) is 13.8 Å². The molecule has 1 aliphatic rings. The number of ether oxygens (including phenoxy) is 1. The summed E-state index contributed by atoms with van der Waals surface area (Å²) in [6.07, 6.45) is -0.184. The van der Waals surface area contributed by atoms with Crippen molar-refractivity contribution >= 4 is 21.9 Å². The van der Waals surface area contributed by atoms with Crippen molar-refractivity contribution in [3.8, 4) is 23.0 Å². The summed E-state index contributed by atoms with van der Waals surface area (Å²) >= 11 is 0. The second-order valence-electron chi connectivity index (χ2n) is 6.70. The van der Waals surface area contributed by atoms with E-state index in [0.29, 0.717) is 11.3 Å². The van der Waals surface area contributed by atoms with Gasteiger partial charge in [-0.15, -0.1) is 0 Å². The molecule has 24 heavy (non-hydrogen) atoms. The molecule has 1 aliphatic heterocycles. The highest BCUT2D eigenvalue weighted by Gasteiger charge is 2.42. The van der Waals surface area contributed by atoms with Gasteiger partial charge in [0, 0.05) is 17.0 Å². The van der Waals surface area contributed by atoms with Gasteiger partial charge >= 0.3 is 0 Å². The van der Waals surface area contributed by atoms with Gasteiger partial charge in [0.2, 0.25) is 11.2 Å². The summed E-state index contributed by atoms with van der Waals surface area (Å²) in [5.74, 6) is -0.685. The van der Waals surface area contributed by atoms with Crippen LogP contribution in [0.5, 0.6) is 23.0 Å². The van der Waals surface area contributed by atoms with Crippen LogP contribution in [-0.4, -0.2) is 21.4 Å². The van der Waals surface area contributed by atoms with Gasteiger partial charge in [0.05, 0.1) is 5.39 Å². The first-order valence-corrected chi connectivity index (χ1v) is 7.58. The van der Waals surface area contributed by atoms with E-state index in [2.05, 4.69) is 0 Å². The van der Waals surface area contributed by atoms with E-state index in [0.717, 1.165) is 0 Å². The monoisotopic (exact) mass is 328 g/mol. The minimum Gasteiger partial charge on any atom is -0.507 e. The summed E-state index contributed by atoms with van der Waals surface area (Å²) in [7, 11) is 0. The van der Waals surface area contributed by atoms with Crippen molar-refractivity contribution in [2.24, 2.45) is 0 Å². The van der Waals surface area contributed by atoms with Crippen LogP contribution in [0.25, 0.3) is 21.9 Å². The number of aromatic hydroxyl groups is 3. The zero-order valence-electron chi connectivity index (χ0n) is 13.4. The maximum atomic E-state index is 12.8. The van der Waals surface area contributed by atoms with Gasteiger partial charge < -0.3 is 24.5 Å². The molecule has 2 aromatic carbocycles. The van der Waals surface area contributed by atoms with Gasteiger partial charge in [0.1, 0.15) is 28.6 Å². The van der Waals surface area contributed by atoms with E-state index in [-0.39, 0.29) is 39.5 Å². The largest absolute Gasteiger partial charge is 0.507 e. The second-order valence-corrected chi connectivity index (χ2v) is 6.70. The van der Waals surface area contributed by atoms with Crippen molar-refractivity contribution in [1.82, 2.24) is 0 Å². The molecule has 0 aliphatic carbocycles. The summed E-state index contributed by atoms with van der Waals surface area (Å²) in [4.78, 5) is 12.8. The summed E-state index contributed by atoms with van der Waals surface area (Å²) in [6, 6.07) is 3.98. The number of hydrogen-bond donors (Lipinski definition) is 3. The predicted octanol–water partition coefficient (Wildman–Crippen LogP) is 3.12. The highest BCUT2D eigenvalue weighted by molar-refractivity contribution is 5.98. The summed E-state index contributed by atoms with van der Waals surface area (Å²) in [6.45, 7) is 5.80. The molecule has 1 aromatic heterocycles. The first-order chi connectivity index (χ1) is 11.2. The fraction of sp³-hybridized carbons (Fsp3) is 0.278. The lowest BCUT2D eigenvalue weighted by atomic mass is 9.81. The zero-order valence-corrected chi connectivity index (χ0v) is 13.4. The SMILES string of the molecule is C[C@@H]1Oc2cc(O)c3c(=O)c4ccc(O)c(O)c4oc3c2C1(C)C. The van der Waals surface area contributed by atoms with E-state index < -0.39 is 16.6 Å². The van der Waals surface area contributed by atoms with Crippen LogP contribution in [0.3, 0.4) is 0 Å². The molecule has 3 N–H and O–H groups in total. The quantitative estimate of drug-likeness (QED) is 0.433. The lowest BCUT2D eigenvalue weighted by molar-refractivity contribution is 0.185. The first-order valence-electron chi connectivity index (χ1n) is 7.58. The zero-order chi connectivity index (χ0) is 17.4. The summed E-state index contributed by atoms with van der Waals surface area (Å²) in [5, 5.41) is 30.2. The fourth-order valence-electron chi connectivity index (χ4n) is 3.27. The lowest BCUT2D eigenvalue weighted by Gasteiger charge is -2.22. The van der Waals surface area contributed by atoms with Crippen LogP contribution >= 0.6 is 0 Å². The molecule has 6 heteroatoms. The van der Waals surface area contributed by atoms with Crippen LogP contribution in [0.15, 0.2) is 27.4 Å². The lowest BCUT2D eigenvalue weighted by Crippen LogP contribution is -2.29. The molecule has 1 atom stereocenters. The van der Waals surface area contributed by atoms with Gasteiger partial charge in [-0.2, -0.15) is 0 Å². The predicted molar refractivity (Wildman–Crippen MR) is 88.1 cm³/mol. The minimum atomic E-state index is -0.506. The molecule has 2 heterocycles. The molecule has 6 nitrogen and oxygen atoms in total. The van der Waals surface area contributed by atoms with Crippen LogP contribution < -0.4 is 10.2 Å². The normalized spacial score (nSPS) is 18.7. The molecular formula is C18H16O6. The van der Waals surface area contributed by atoms with Gasteiger partial charge in [0.25, 0.3) is 0 Å². The molecular weight excluding hydrogens is 312 g/mol. The molecule has 0 fully saturated rings. The Bertz CT molecular complexity index is 1080. The Morgan fingerprint density at radius 3 is 2.50 bits per heavy atom.